The van der Waals surface area contributed by atoms with Crippen molar-refractivity contribution in [2.45, 2.75) is 97.0 Å². The van der Waals surface area contributed by atoms with Gasteiger partial charge < -0.3 is 5.11 Å². The van der Waals surface area contributed by atoms with Gasteiger partial charge in [0.05, 0.1) is 6.10 Å². The molecule has 1 nitrogen and oxygen atoms in total. The van der Waals surface area contributed by atoms with Crippen molar-refractivity contribution in [3.05, 3.63) is 34.4 Å². The summed E-state index contributed by atoms with van der Waals surface area (Å²) in [7, 11) is 0. The molecule has 1 saturated carbocycles. The summed E-state index contributed by atoms with van der Waals surface area (Å²) in [5.41, 5.74) is 6.20. The molecule has 1 heteroatoms. The third-order valence-corrected chi connectivity index (χ3v) is 5.28. The molecule has 1 N–H and O–H groups in total. The number of hydrogen-bond donors (Lipinski definition) is 1. The Balaban J connectivity index is 2.53. The van der Waals surface area contributed by atoms with Crippen LogP contribution in [-0.2, 0) is 0 Å². The van der Waals surface area contributed by atoms with E-state index in [4.69, 9.17) is 0 Å². The lowest BCUT2D eigenvalue weighted by Gasteiger charge is -2.32. The second-order valence-electron chi connectivity index (χ2n) is 8.08. The second kappa shape index (κ2) is 7.17. The van der Waals surface area contributed by atoms with Gasteiger partial charge in [0.25, 0.3) is 0 Å². The van der Waals surface area contributed by atoms with Gasteiger partial charge in [0.1, 0.15) is 0 Å². The Labute approximate surface area is 137 Å². The molecule has 1 aliphatic rings. The Kier molecular flexibility index (Phi) is 5.71. The third-order valence-electron chi connectivity index (χ3n) is 5.28. The van der Waals surface area contributed by atoms with Crippen LogP contribution in [0.2, 0.25) is 0 Å². The number of rotatable bonds is 4. The van der Waals surface area contributed by atoms with Crippen LogP contribution in [0.15, 0.2) is 12.1 Å². The van der Waals surface area contributed by atoms with Gasteiger partial charge in [-0.05, 0) is 71.6 Å². The molecule has 1 fully saturated rings. The van der Waals surface area contributed by atoms with Crippen LogP contribution in [0.5, 0.6) is 0 Å². The predicted molar refractivity (Wildman–Crippen MR) is 95.9 cm³/mol. The van der Waals surface area contributed by atoms with Crippen LogP contribution in [0.3, 0.4) is 0 Å². The van der Waals surface area contributed by atoms with E-state index in [-0.39, 0.29) is 6.10 Å². The molecular formula is C21H34O. The number of aliphatic hydroxyl groups excluding tert-OH is 1. The van der Waals surface area contributed by atoms with Crippen LogP contribution >= 0.6 is 0 Å². The van der Waals surface area contributed by atoms with Crippen molar-refractivity contribution in [1.82, 2.24) is 0 Å². The van der Waals surface area contributed by atoms with Crippen LogP contribution in [0.25, 0.3) is 0 Å². The highest BCUT2D eigenvalue weighted by molar-refractivity contribution is 5.45. The molecule has 0 heterocycles. The average Bonchev–Trinajstić information content (AvgIpc) is 2.46. The number of benzene rings is 1. The molecular weight excluding hydrogens is 268 g/mol. The van der Waals surface area contributed by atoms with Crippen molar-refractivity contribution < 1.29 is 5.11 Å². The van der Waals surface area contributed by atoms with Gasteiger partial charge in [0.15, 0.2) is 0 Å². The van der Waals surface area contributed by atoms with E-state index in [2.05, 4.69) is 53.7 Å². The summed E-state index contributed by atoms with van der Waals surface area (Å²) in [6.07, 6.45) is 4.14. The summed E-state index contributed by atoms with van der Waals surface area (Å²) in [6.45, 7) is 13.9. The van der Waals surface area contributed by atoms with Gasteiger partial charge in [0.2, 0.25) is 0 Å². The maximum Gasteiger partial charge on any atom is 0.0540 e. The summed E-state index contributed by atoms with van der Waals surface area (Å²) >= 11 is 0. The predicted octanol–water partition coefficient (Wildman–Crippen LogP) is 6.08. The molecule has 0 aliphatic heterocycles. The summed E-state index contributed by atoms with van der Waals surface area (Å²) in [4.78, 5) is 0. The highest BCUT2D eigenvalue weighted by Gasteiger charge is 2.27. The fourth-order valence-electron chi connectivity index (χ4n) is 3.85. The first-order valence-electron chi connectivity index (χ1n) is 9.16. The van der Waals surface area contributed by atoms with Crippen molar-refractivity contribution in [1.29, 1.82) is 0 Å². The van der Waals surface area contributed by atoms with Gasteiger partial charge >= 0.3 is 0 Å². The largest absolute Gasteiger partial charge is 0.393 e. The summed E-state index contributed by atoms with van der Waals surface area (Å²) < 4.78 is 0. The summed E-state index contributed by atoms with van der Waals surface area (Å²) in [5, 5.41) is 9.85. The second-order valence-corrected chi connectivity index (χ2v) is 8.08. The Morgan fingerprint density at radius 2 is 1.23 bits per heavy atom. The van der Waals surface area contributed by atoms with Gasteiger partial charge in [-0.1, -0.05) is 53.7 Å². The lowest BCUT2D eigenvalue weighted by atomic mass is 9.74. The molecule has 0 atom stereocenters. The lowest BCUT2D eigenvalue weighted by Crippen LogP contribution is -2.20. The van der Waals surface area contributed by atoms with Gasteiger partial charge in [-0.15, -0.1) is 0 Å². The molecule has 1 aromatic rings. The van der Waals surface area contributed by atoms with E-state index >= 15 is 0 Å². The van der Waals surface area contributed by atoms with Crippen molar-refractivity contribution >= 4 is 0 Å². The average molecular weight is 303 g/mol. The van der Waals surface area contributed by atoms with Gasteiger partial charge in [-0.25, -0.2) is 0 Å². The Hall–Kier alpha value is -0.820. The first-order valence-corrected chi connectivity index (χ1v) is 9.16. The Morgan fingerprint density at radius 3 is 1.59 bits per heavy atom. The van der Waals surface area contributed by atoms with E-state index in [0.29, 0.717) is 23.7 Å². The van der Waals surface area contributed by atoms with Crippen molar-refractivity contribution in [2.24, 2.45) is 0 Å². The topological polar surface area (TPSA) is 20.2 Å². The van der Waals surface area contributed by atoms with Gasteiger partial charge in [-0.3, -0.25) is 0 Å². The van der Waals surface area contributed by atoms with Crippen LogP contribution in [-0.4, -0.2) is 11.2 Å². The molecule has 0 amide bonds. The minimum absolute atomic E-state index is 0.0730. The molecule has 0 saturated heterocycles. The zero-order valence-corrected chi connectivity index (χ0v) is 15.3. The van der Waals surface area contributed by atoms with Crippen LogP contribution in [0, 0.1) is 0 Å². The highest BCUT2D eigenvalue weighted by atomic mass is 16.3. The smallest absolute Gasteiger partial charge is 0.0540 e. The molecule has 0 spiro atoms. The molecule has 0 unspecified atom stereocenters. The van der Waals surface area contributed by atoms with E-state index in [0.717, 1.165) is 25.7 Å². The molecule has 1 aromatic carbocycles. The van der Waals surface area contributed by atoms with Gasteiger partial charge in [-0.2, -0.15) is 0 Å². The molecule has 0 bridgehead atoms. The lowest BCUT2D eigenvalue weighted by molar-refractivity contribution is 0.122. The number of aliphatic hydroxyl groups is 1. The maximum absolute atomic E-state index is 9.85. The first-order chi connectivity index (χ1) is 10.3. The van der Waals surface area contributed by atoms with Crippen LogP contribution in [0.4, 0.5) is 0 Å². The molecule has 0 aromatic heterocycles. The van der Waals surface area contributed by atoms with Crippen molar-refractivity contribution in [3.63, 3.8) is 0 Å². The van der Waals surface area contributed by atoms with Gasteiger partial charge in [0, 0.05) is 0 Å². The third kappa shape index (κ3) is 3.74. The minimum atomic E-state index is -0.0730. The number of hydrogen-bond acceptors (Lipinski definition) is 1. The first kappa shape index (κ1) is 17.5. The molecule has 0 radical (unpaired) electrons. The van der Waals surface area contributed by atoms with E-state index in [9.17, 15) is 5.11 Å². The standard InChI is InChI=1S/C21H34O/c1-13(2)17-11-19(14(3)4)21(20(12-17)15(5)6)16-7-9-18(22)10-8-16/h11-16,18,22H,7-10H2,1-6H3. The van der Waals surface area contributed by atoms with E-state index in [1.165, 1.54) is 5.56 Å². The fraction of sp³-hybridized carbons (Fsp3) is 0.714. The zero-order chi connectivity index (χ0) is 16.4. The van der Waals surface area contributed by atoms with E-state index in [1.54, 1.807) is 16.7 Å². The van der Waals surface area contributed by atoms with Crippen LogP contribution < -0.4 is 0 Å². The minimum Gasteiger partial charge on any atom is -0.393 e. The Bertz CT molecular complexity index is 462. The van der Waals surface area contributed by atoms with Crippen molar-refractivity contribution in [3.8, 4) is 0 Å². The zero-order valence-electron chi connectivity index (χ0n) is 15.3. The Morgan fingerprint density at radius 1 is 0.773 bits per heavy atom. The SMILES string of the molecule is CC(C)c1cc(C(C)C)c(C2CCC(O)CC2)c(C(C)C)c1. The quantitative estimate of drug-likeness (QED) is 0.715. The molecule has 2 rings (SSSR count). The van der Waals surface area contributed by atoms with E-state index < -0.39 is 0 Å². The normalized spacial score (nSPS) is 22.8. The monoisotopic (exact) mass is 302 g/mol. The fourth-order valence-corrected chi connectivity index (χ4v) is 3.85. The maximum atomic E-state index is 9.85. The molecule has 22 heavy (non-hydrogen) atoms. The summed E-state index contributed by atoms with van der Waals surface area (Å²) in [6, 6.07) is 4.92. The van der Waals surface area contributed by atoms with E-state index in [1.807, 2.05) is 0 Å². The summed E-state index contributed by atoms with van der Waals surface area (Å²) in [5.74, 6) is 2.35. The highest BCUT2D eigenvalue weighted by Crippen LogP contribution is 2.42. The van der Waals surface area contributed by atoms with Crippen LogP contribution in [0.1, 0.15) is 113 Å². The molecule has 1 aliphatic carbocycles. The molecule has 124 valence electrons. The van der Waals surface area contributed by atoms with Crippen molar-refractivity contribution in [2.75, 3.05) is 0 Å².